The molecule has 12 heavy (non-hydrogen) atoms. The number of carbonyl (C=O) groups excluding carboxylic acids is 1. The molecule has 0 saturated carbocycles. The van der Waals surface area contributed by atoms with Crippen LogP contribution in [0.1, 0.15) is 10.4 Å². The van der Waals surface area contributed by atoms with Crippen LogP contribution < -0.4 is 4.74 Å². The molecule has 0 bridgehead atoms. The molecule has 0 spiro atoms. The minimum absolute atomic E-state index is 0.215. The van der Waals surface area contributed by atoms with Crippen molar-refractivity contribution in [2.24, 2.45) is 0 Å². The van der Waals surface area contributed by atoms with Gasteiger partial charge in [-0.1, -0.05) is 0 Å². The minimum Gasteiger partial charge on any atom is -0.491 e. The number of halogens is 2. The van der Waals surface area contributed by atoms with E-state index in [1.165, 1.54) is 0 Å². The summed E-state index contributed by atoms with van der Waals surface area (Å²) in [7, 11) is 1.13. The molecular weight excluding hydrogens is 166 g/mol. The Morgan fingerprint density at radius 1 is 1.42 bits per heavy atom. The Bertz CT molecular complexity index is 310. The van der Waals surface area contributed by atoms with E-state index in [0.29, 0.717) is 6.29 Å². The maximum atomic E-state index is 12.9. The van der Waals surface area contributed by atoms with Gasteiger partial charge in [-0.25, -0.2) is 8.78 Å². The molecule has 1 aromatic rings. The Morgan fingerprint density at radius 2 is 2.08 bits per heavy atom. The molecule has 0 heterocycles. The first kappa shape index (κ1) is 8.64. The van der Waals surface area contributed by atoms with E-state index in [2.05, 4.69) is 4.74 Å². The van der Waals surface area contributed by atoms with Crippen molar-refractivity contribution in [3.8, 4) is 5.75 Å². The molecule has 0 unspecified atom stereocenters. The molecular formula is C8H6F2O2. The van der Waals surface area contributed by atoms with E-state index in [1.54, 1.807) is 0 Å². The fourth-order valence-corrected chi connectivity index (χ4v) is 0.826. The monoisotopic (exact) mass is 172 g/mol. The third kappa shape index (κ3) is 1.28. The van der Waals surface area contributed by atoms with Gasteiger partial charge >= 0.3 is 0 Å². The highest BCUT2D eigenvalue weighted by Gasteiger charge is 2.12. The lowest BCUT2D eigenvalue weighted by Crippen LogP contribution is -1.96. The highest BCUT2D eigenvalue weighted by Crippen LogP contribution is 2.22. The number of carbonyl (C=O) groups is 1. The zero-order valence-corrected chi connectivity index (χ0v) is 6.30. The predicted octanol–water partition coefficient (Wildman–Crippen LogP) is 1.79. The average Bonchev–Trinajstić information content (AvgIpc) is 2.06. The van der Waals surface area contributed by atoms with E-state index in [-0.39, 0.29) is 5.56 Å². The molecule has 0 radical (unpaired) electrons. The van der Waals surface area contributed by atoms with Gasteiger partial charge in [0.05, 0.1) is 12.7 Å². The van der Waals surface area contributed by atoms with Crippen molar-refractivity contribution < 1.29 is 18.3 Å². The van der Waals surface area contributed by atoms with Gasteiger partial charge in [-0.05, 0) is 12.1 Å². The smallest absolute Gasteiger partial charge is 0.191 e. The summed E-state index contributed by atoms with van der Waals surface area (Å²) < 4.78 is 30.0. The van der Waals surface area contributed by atoms with Gasteiger partial charge in [-0.15, -0.1) is 0 Å². The third-order valence-electron chi connectivity index (χ3n) is 1.41. The van der Waals surface area contributed by atoms with Gasteiger partial charge < -0.3 is 4.74 Å². The first-order chi connectivity index (χ1) is 5.70. The average molecular weight is 172 g/mol. The van der Waals surface area contributed by atoms with Gasteiger partial charge in [0.25, 0.3) is 0 Å². The molecule has 0 saturated heterocycles. The fraction of sp³-hybridized carbons (Fsp3) is 0.125. The van der Waals surface area contributed by atoms with Crippen LogP contribution in [0.15, 0.2) is 12.1 Å². The molecule has 1 rings (SSSR count). The highest BCUT2D eigenvalue weighted by atomic mass is 19.1. The van der Waals surface area contributed by atoms with Gasteiger partial charge in [-0.2, -0.15) is 0 Å². The summed E-state index contributed by atoms with van der Waals surface area (Å²) in [6, 6.07) is 2.03. The molecule has 1 aromatic carbocycles. The van der Waals surface area contributed by atoms with E-state index in [0.717, 1.165) is 19.2 Å². The van der Waals surface area contributed by atoms with E-state index < -0.39 is 17.4 Å². The van der Waals surface area contributed by atoms with Gasteiger partial charge in [0, 0.05) is 0 Å². The van der Waals surface area contributed by atoms with Crippen LogP contribution in [0.5, 0.6) is 5.75 Å². The number of ether oxygens (including phenoxy) is 1. The maximum absolute atomic E-state index is 12.9. The number of methoxy groups -OCH3 is 1. The van der Waals surface area contributed by atoms with E-state index in [4.69, 9.17) is 0 Å². The van der Waals surface area contributed by atoms with Crippen LogP contribution in [0.3, 0.4) is 0 Å². The van der Waals surface area contributed by atoms with Gasteiger partial charge in [-0.3, -0.25) is 4.79 Å². The molecule has 64 valence electrons. The van der Waals surface area contributed by atoms with Crippen molar-refractivity contribution >= 4 is 6.29 Å². The second kappa shape index (κ2) is 3.30. The quantitative estimate of drug-likeness (QED) is 0.635. The summed E-state index contributed by atoms with van der Waals surface area (Å²) in [6.45, 7) is 0. The Kier molecular flexibility index (Phi) is 2.38. The lowest BCUT2D eigenvalue weighted by molar-refractivity contribution is 0.111. The maximum Gasteiger partial charge on any atom is 0.191 e. The Morgan fingerprint density at radius 3 is 2.58 bits per heavy atom. The predicted molar refractivity (Wildman–Crippen MR) is 38.3 cm³/mol. The number of rotatable bonds is 2. The number of hydrogen-bond acceptors (Lipinski definition) is 2. The van der Waals surface area contributed by atoms with Gasteiger partial charge in [0.2, 0.25) is 0 Å². The standard InChI is InChI=1S/C8H6F2O2/c1-12-8-6(9)3-2-5(4-11)7(8)10/h2-4H,1H3. The number of hydrogen-bond donors (Lipinski definition) is 0. The first-order valence-electron chi connectivity index (χ1n) is 3.18. The zero-order valence-electron chi connectivity index (χ0n) is 6.30. The van der Waals surface area contributed by atoms with Crippen molar-refractivity contribution in [2.75, 3.05) is 7.11 Å². The zero-order chi connectivity index (χ0) is 9.14. The Hall–Kier alpha value is -1.45. The summed E-state index contributed by atoms with van der Waals surface area (Å²) in [5, 5.41) is 0. The van der Waals surface area contributed by atoms with Crippen molar-refractivity contribution in [3.63, 3.8) is 0 Å². The summed E-state index contributed by atoms with van der Waals surface area (Å²) in [5.41, 5.74) is -0.215. The number of benzene rings is 1. The second-order valence-electron chi connectivity index (χ2n) is 2.10. The van der Waals surface area contributed by atoms with Crippen LogP contribution in [0, 0.1) is 11.6 Å². The Labute approximate surface area is 67.8 Å². The van der Waals surface area contributed by atoms with Gasteiger partial charge in [0.15, 0.2) is 23.7 Å². The Balaban J connectivity index is 3.33. The van der Waals surface area contributed by atoms with Crippen LogP contribution in [-0.4, -0.2) is 13.4 Å². The van der Waals surface area contributed by atoms with Crippen LogP contribution >= 0.6 is 0 Å². The topological polar surface area (TPSA) is 26.3 Å². The fourth-order valence-electron chi connectivity index (χ4n) is 0.826. The third-order valence-corrected chi connectivity index (χ3v) is 1.41. The van der Waals surface area contributed by atoms with E-state index >= 15 is 0 Å². The first-order valence-corrected chi connectivity index (χ1v) is 3.18. The molecule has 0 amide bonds. The largest absolute Gasteiger partial charge is 0.491 e. The summed E-state index contributed by atoms with van der Waals surface area (Å²) in [6.07, 6.45) is 0.303. The minimum atomic E-state index is -0.965. The molecule has 0 aliphatic heterocycles. The van der Waals surface area contributed by atoms with Crippen molar-refractivity contribution in [1.29, 1.82) is 0 Å². The molecule has 4 heteroatoms. The summed E-state index contributed by atoms with van der Waals surface area (Å²) >= 11 is 0. The van der Waals surface area contributed by atoms with Crippen LogP contribution in [0.4, 0.5) is 8.78 Å². The highest BCUT2D eigenvalue weighted by molar-refractivity contribution is 5.76. The molecule has 0 atom stereocenters. The molecule has 0 aliphatic rings. The van der Waals surface area contributed by atoms with E-state index in [1.807, 2.05) is 0 Å². The van der Waals surface area contributed by atoms with Crippen LogP contribution in [0.2, 0.25) is 0 Å². The van der Waals surface area contributed by atoms with Crippen LogP contribution in [0.25, 0.3) is 0 Å². The van der Waals surface area contributed by atoms with Crippen molar-refractivity contribution in [3.05, 3.63) is 29.3 Å². The number of aldehydes is 1. The molecule has 0 N–H and O–H groups in total. The summed E-state index contributed by atoms with van der Waals surface area (Å²) in [5.74, 6) is -2.31. The van der Waals surface area contributed by atoms with Crippen molar-refractivity contribution in [1.82, 2.24) is 0 Å². The van der Waals surface area contributed by atoms with Gasteiger partial charge in [0.1, 0.15) is 0 Å². The second-order valence-corrected chi connectivity index (χ2v) is 2.10. The SMILES string of the molecule is COc1c(F)ccc(C=O)c1F. The van der Waals surface area contributed by atoms with Crippen molar-refractivity contribution in [2.45, 2.75) is 0 Å². The van der Waals surface area contributed by atoms with E-state index in [9.17, 15) is 13.6 Å². The van der Waals surface area contributed by atoms with Crippen LogP contribution in [-0.2, 0) is 0 Å². The normalized spacial score (nSPS) is 9.58. The lowest BCUT2D eigenvalue weighted by atomic mass is 10.2. The molecule has 0 aromatic heterocycles. The molecule has 0 fully saturated rings. The summed E-state index contributed by atoms with van der Waals surface area (Å²) in [4.78, 5) is 10.2. The molecule has 0 aliphatic carbocycles. The molecule has 2 nitrogen and oxygen atoms in total. The lowest BCUT2D eigenvalue weighted by Gasteiger charge is -2.03.